The highest BCUT2D eigenvalue weighted by Crippen LogP contribution is 1.95. The number of urea groups is 1. The Bertz CT molecular complexity index is 364. The molecule has 0 radical (unpaired) electrons. The maximum absolute atomic E-state index is 11.5. The summed E-state index contributed by atoms with van der Waals surface area (Å²) >= 11 is 0. The Labute approximate surface area is 91.7 Å². The largest absolute Gasteiger partial charge is 0.480 e. The van der Waals surface area contributed by atoms with E-state index in [0.717, 1.165) is 0 Å². The standard InChI is InChI=1S/C8H13N5O3/c1-5(7(14)15)11-8(16)13(2)3-6-9-4-10-12-6/h4-5H,3H2,1-2H3,(H,11,16)(H,14,15)(H,9,10,12). The van der Waals surface area contributed by atoms with E-state index in [0.29, 0.717) is 5.82 Å². The fraction of sp³-hybridized carbons (Fsp3) is 0.500. The van der Waals surface area contributed by atoms with Crippen molar-refractivity contribution >= 4 is 12.0 Å². The van der Waals surface area contributed by atoms with E-state index in [-0.39, 0.29) is 6.54 Å². The smallest absolute Gasteiger partial charge is 0.325 e. The first-order valence-corrected chi connectivity index (χ1v) is 4.59. The average Bonchev–Trinajstić information content (AvgIpc) is 2.69. The molecule has 0 aromatic carbocycles. The Morgan fingerprint density at radius 2 is 2.38 bits per heavy atom. The molecule has 0 aliphatic carbocycles. The average molecular weight is 227 g/mol. The molecule has 3 N–H and O–H groups in total. The number of H-pyrrole nitrogens is 1. The summed E-state index contributed by atoms with van der Waals surface area (Å²) in [7, 11) is 1.53. The second-order valence-electron chi connectivity index (χ2n) is 3.30. The molecule has 8 nitrogen and oxygen atoms in total. The first-order valence-electron chi connectivity index (χ1n) is 4.59. The Morgan fingerprint density at radius 1 is 1.69 bits per heavy atom. The van der Waals surface area contributed by atoms with E-state index in [2.05, 4.69) is 20.5 Å². The zero-order valence-corrected chi connectivity index (χ0v) is 8.97. The van der Waals surface area contributed by atoms with Gasteiger partial charge in [0.05, 0.1) is 6.54 Å². The summed E-state index contributed by atoms with van der Waals surface area (Å²) in [5, 5.41) is 17.2. The molecule has 1 rings (SSSR count). The van der Waals surface area contributed by atoms with Gasteiger partial charge in [-0.25, -0.2) is 9.78 Å². The molecule has 8 heteroatoms. The summed E-state index contributed by atoms with van der Waals surface area (Å²) in [5.74, 6) is -0.554. The van der Waals surface area contributed by atoms with Gasteiger partial charge in [0.15, 0.2) is 0 Å². The van der Waals surface area contributed by atoms with Crippen molar-refractivity contribution in [2.75, 3.05) is 7.05 Å². The fourth-order valence-electron chi connectivity index (χ4n) is 0.961. The van der Waals surface area contributed by atoms with Crippen LogP contribution in [-0.2, 0) is 11.3 Å². The normalized spacial score (nSPS) is 11.9. The van der Waals surface area contributed by atoms with Gasteiger partial charge in [-0.2, -0.15) is 5.10 Å². The molecule has 1 heterocycles. The molecule has 1 aromatic heterocycles. The van der Waals surface area contributed by atoms with Crippen molar-refractivity contribution in [3.8, 4) is 0 Å². The van der Waals surface area contributed by atoms with E-state index in [9.17, 15) is 9.59 Å². The number of carboxylic acids is 1. The van der Waals surface area contributed by atoms with Gasteiger partial charge in [0.2, 0.25) is 0 Å². The molecule has 0 spiro atoms. The van der Waals surface area contributed by atoms with Crippen LogP contribution in [-0.4, -0.2) is 50.3 Å². The number of aromatic nitrogens is 3. The number of hydrogen-bond donors (Lipinski definition) is 3. The van der Waals surface area contributed by atoms with Gasteiger partial charge in [-0.1, -0.05) is 0 Å². The summed E-state index contributed by atoms with van der Waals surface area (Å²) in [6.45, 7) is 1.63. The second-order valence-corrected chi connectivity index (χ2v) is 3.30. The number of nitrogens with zero attached hydrogens (tertiary/aromatic N) is 3. The van der Waals surface area contributed by atoms with E-state index in [1.54, 1.807) is 0 Å². The number of carbonyl (C=O) groups is 2. The second kappa shape index (κ2) is 5.10. The molecule has 0 aliphatic rings. The lowest BCUT2D eigenvalue weighted by atomic mass is 10.3. The first kappa shape index (κ1) is 12.0. The molecule has 88 valence electrons. The van der Waals surface area contributed by atoms with Crippen LogP contribution in [0.1, 0.15) is 12.7 Å². The van der Waals surface area contributed by atoms with E-state index in [1.165, 1.54) is 25.2 Å². The van der Waals surface area contributed by atoms with Gasteiger partial charge in [0.25, 0.3) is 0 Å². The van der Waals surface area contributed by atoms with Crippen molar-refractivity contribution in [1.29, 1.82) is 0 Å². The maximum atomic E-state index is 11.5. The van der Waals surface area contributed by atoms with Crippen molar-refractivity contribution in [2.24, 2.45) is 0 Å². The number of aromatic amines is 1. The molecule has 0 aliphatic heterocycles. The molecule has 1 aromatic rings. The monoisotopic (exact) mass is 227 g/mol. The summed E-state index contributed by atoms with van der Waals surface area (Å²) in [5.41, 5.74) is 0. The minimum atomic E-state index is -1.08. The van der Waals surface area contributed by atoms with Gasteiger partial charge in [0, 0.05) is 7.05 Å². The summed E-state index contributed by atoms with van der Waals surface area (Å²) in [6.07, 6.45) is 1.33. The number of aliphatic carboxylic acids is 1. The highest BCUT2D eigenvalue weighted by Gasteiger charge is 2.17. The van der Waals surface area contributed by atoms with Crippen LogP contribution in [0.25, 0.3) is 0 Å². The summed E-state index contributed by atoms with van der Waals surface area (Å²) < 4.78 is 0. The summed E-state index contributed by atoms with van der Waals surface area (Å²) in [4.78, 5) is 27.1. The van der Waals surface area contributed by atoms with E-state index < -0.39 is 18.0 Å². The Morgan fingerprint density at radius 3 is 2.88 bits per heavy atom. The molecule has 0 fully saturated rings. The summed E-state index contributed by atoms with van der Waals surface area (Å²) in [6, 6.07) is -1.41. The lowest BCUT2D eigenvalue weighted by molar-refractivity contribution is -0.138. The third-order valence-corrected chi connectivity index (χ3v) is 1.91. The van der Waals surface area contributed by atoms with Gasteiger partial charge in [-0.15, -0.1) is 0 Å². The lowest BCUT2D eigenvalue weighted by Crippen LogP contribution is -2.44. The Kier molecular flexibility index (Phi) is 3.81. The number of hydrogen-bond acceptors (Lipinski definition) is 4. The third kappa shape index (κ3) is 3.23. The van der Waals surface area contributed by atoms with Crippen molar-refractivity contribution in [2.45, 2.75) is 19.5 Å². The van der Waals surface area contributed by atoms with Gasteiger partial charge in [0.1, 0.15) is 18.2 Å². The van der Waals surface area contributed by atoms with Crippen LogP contribution in [0, 0.1) is 0 Å². The molecule has 1 unspecified atom stereocenters. The van der Waals surface area contributed by atoms with Gasteiger partial charge in [-0.05, 0) is 6.92 Å². The fourth-order valence-corrected chi connectivity index (χ4v) is 0.961. The zero-order chi connectivity index (χ0) is 12.1. The molecule has 2 amide bonds. The highest BCUT2D eigenvalue weighted by molar-refractivity contribution is 5.81. The molecule has 1 atom stereocenters. The van der Waals surface area contributed by atoms with Crippen LogP contribution in [0.4, 0.5) is 4.79 Å². The van der Waals surface area contributed by atoms with E-state index >= 15 is 0 Å². The minimum Gasteiger partial charge on any atom is -0.480 e. The molecular formula is C8H13N5O3. The number of carbonyl (C=O) groups excluding carboxylic acids is 1. The van der Waals surface area contributed by atoms with Crippen LogP contribution in [0.15, 0.2) is 6.33 Å². The van der Waals surface area contributed by atoms with Crippen molar-refractivity contribution < 1.29 is 14.7 Å². The van der Waals surface area contributed by atoms with Crippen molar-refractivity contribution in [1.82, 2.24) is 25.4 Å². The quantitative estimate of drug-likeness (QED) is 0.637. The zero-order valence-electron chi connectivity index (χ0n) is 8.97. The number of rotatable bonds is 4. The first-order chi connectivity index (χ1) is 7.50. The number of nitrogens with one attached hydrogen (secondary N) is 2. The number of carboxylic acid groups (broad SMARTS) is 1. The lowest BCUT2D eigenvalue weighted by Gasteiger charge is -2.18. The molecule has 0 saturated heterocycles. The number of amides is 2. The van der Waals surface area contributed by atoms with Gasteiger partial charge < -0.3 is 15.3 Å². The highest BCUT2D eigenvalue weighted by atomic mass is 16.4. The molecular weight excluding hydrogens is 214 g/mol. The maximum Gasteiger partial charge on any atom is 0.325 e. The van der Waals surface area contributed by atoms with E-state index in [4.69, 9.17) is 5.11 Å². The predicted octanol–water partition coefficient (Wildman–Crippen LogP) is -0.581. The predicted molar refractivity (Wildman–Crippen MR) is 53.5 cm³/mol. The van der Waals surface area contributed by atoms with Crippen LogP contribution in [0.5, 0.6) is 0 Å². The molecule has 0 bridgehead atoms. The molecule has 16 heavy (non-hydrogen) atoms. The van der Waals surface area contributed by atoms with Gasteiger partial charge in [-0.3, -0.25) is 9.89 Å². The topological polar surface area (TPSA) is 111 Å². The Hall–Kier alpha value is -2.12. The van der Waals surface area contributed by atoms with Crippen LogP contribution < -0.4 is 5.32 Å². The third-order valence-electron chi connectivity index (χ3n) is 1.91. The minimum absolute atomic E-state index is 0.234. The van der Waals surface area contributed by atoms with Crippen molar-refractivity contribution in [3.05, 3.63) is 12.2 Å². The van der Waals surface area contributed by atoms with Crippen molar-refractivity contribution in [3.63, 3.8) is 0 Å². The van der Waals surface area contributed by atoms with Crippen LogP contribution >= 0.6 is 0 Å². The van der Waals surface area contributed by atoms with Gasteiger partial charge >= 0.3 is 12.0 Å². The SMILES string of the molecule is CC(NC(=O)N(C)Cc1ncn[nH]1)C(=O)O. The Balaban J connectivity index is 2.45. The van der Waals surface area contributed by atoms with Crippen LogP contribution in [0.3, 0.4) is 0 Å². The van der Waals surface area contributed by atoms with E-state index in [1.807, 2.05) is 0 Å². The van der Waals surface area contributed by atoms with Crippen LogP contribution in [0.2, 0.25) is 0 Å². The molecule has 0 saturated carbocycles.